The number of hydrogen-bond donors (Lipinski definition) is 0. The molecule has 0 radical (unpaired) electrons. The number of ether oxygens (including phenoxy) is 4. The molecule has 8 nitrogen and oxygen atoms in total. The Bertz CT molecular complexity index is 655. The number of hydroxylamine groups is 2. The van der Waals surface area contributed by atoms with E-state index in [4.69, 9.17) is 23.8 Å². The molecule has 3 aliphatic rings. The van der Waals surface area contributed by atoms with Crippen molar-refractivity contribution in [2.45, 2.75) is 69.5 Å². The minimum Gasteiger partial charge on any atom is -0.452 e. The van der Waals surface area contributed by atoms with Crippen LogP contribution in [-0.4, -0.2) is 74.3 Å². The summed E-state index contributed by atoms with van der Waals surface area (Å²) in [6, 6.07) is 0. The van der Waals surface area contributed by atoms with Crippen molar-refractivity contribution in [1.82, 2.24) is 5.06 Å². The summed E-state index contributed by atoms with van der Waals surface area (Å²) in [5.41, 5.74) is 0.530. The molecule has 8 heteroatoms. The number of nitrogens with zero attached hydrogens (tertiary/aromatic N) is 1. The average Bonchev–Trinajstić information content (AvgIpc) is 3.57. The lowest BCUT2D eigenvalue weighted by atomic mass is 9.68. The van der Waals surface area contributed by atoms with Crippen molar-refractivity contribution < 1.29 is 33.4 Å². The third-order valence-corrected chi connectivity index (χ3v) is 6.23. The fraction of sp³-hybridized carbons (Fsp3) is 0.800. The Morgan fingerprint density at radius 3 is 2.50 bits per heavy atom. The molecule has 0 aromatic carbocycles. The number of carbonyl (C=O) groups is 2. The van der Waals surface area contributed by atoms with Crippen LogP contribution in [0.3, 0.4) is 0 Å². The monoisotopic (exact) mass is 397 g/mol. The van der Waals surface area contributed by atoms with Gasteiger partial charge in [0, 0.05) is 14.2 Å². The summed E-state index contributed by atoms with van der Waals surface area (Å²) in [4.78, 5) is 29.0. The third-order valence-electron chi connectivity index (χ3n) is 6.23. The maximum Gasteiger partial charge on any atom is 0.399 e. The second kappa shape index (κ2) is 7.74. The first-order valence-electron chi connectivity index (χ1n) is 9.69. The van der Waals surface area contributed by atoms with Gasteiger partial charge >= 0.3 is 11.9 Å². The van der Waals surface area contributed by atoms with Crippen LogP contribution in [0, 0.1) is 5.92 Å². The first-order valence-corrected chi connectivity index (χ1v) is 9.69. The summed E-state index contributed by atoms with van der Waals surface area (Å²) >= 11 is 0. The van der Waals surface area contributed by atoms with E-state index in [0.717, 1.165) is 17.9 Å². The van der Waals surface area contributed by atoms with Gasteiger partial charge in [-0.2, -0.15) is 0 Å². The van der Waals surface area contributed by atoms with Gasteiger partial charge in [0.05, 0.1) is 25.7 Å². The second-order valence-corrected chi connectivity index (χ2v) is 8.31. The smallest absolute Gasteiger partial charge is 0.399 e. The van der Waals surface area contributed by atoms with Crippen LogP contribution in [0.4, 0.5) is 0 Å². The Balaban J connectivity index is 1.75. The molecular formula is C20H31NO7. The number of hydrogen-bond acceptors (Lipinski definition) is 7. The lowest BCUT2D eigenvalue weighted by molar-refractivity contribution is -0.193. The summed E-state index contributed by atoms with van der Waals surface area (Å²) in [7, 11) is 4.27. The molecule has 1 saturated carbocycles. The number of amides is 1. The molecule has 2 saturated heterocycles. The Hall–Kier alpha value is -1.48. The van der Waals surface area contributed by atoms with Crippen LogP contribution in [0.1, 0.15) is 40.0 Å². The van der Waals surface area contributed by atoms with Gasteiger partial charge in [0.2, 0.25) is 0 Å². The van der Waals surface area contributed by atoms with E-state index in [1.54, 1.807) is 7.11 Å². The number of esters is 1. The average molecular weight is 397 g/mol. The normalized spacial score (nSPS) is 38.6. The minimum atomic E-state index is -0.953. The van der Waals surface area contributed by atoms with Gasteiger partial charge in [-0.05, 0) is 40.0 Å². The molecule has 2 heterocycles. The molecule has 6 atom stereocenters. The molecule has 3 rings (SSSR count). The van der Waals surface area contributed by atoms with Crippen molar-refractivity contribution in [3.8, 4) is 0 Å². The van der Waals surface area contributed by atoms with Crippen LogP contribution in [0.5, 0.6) is 0 Å². The van der Waals surface area contributed by atoms with Gasteiger partial charge < -0.3 is 18.9 Å². The molecule has 2 aliphatic heterocycles. The topological polar surface area (TPSA) is 90.1 Å². The van der Waals surface area contributed by atoms with Gasteiger partial charge in [-0.25, -0.2) is 9.86 Å². The van der Waals surface area contributed by atoms with Gasteiger partial charge in [-0.1, -0.05) is 11.6 Å². The number of likely N-dealkylation sites (N-methyl/N-ethyl adjacent to an activating group) is 1. The quantitative estimate of drug-likeness (QED) is 0.221. The summed E-state index contributed by atoms with van der Waals surface area (Å²) in [6.45, 7) is 6.85. The standard InChI is InChI=1S/C20H31NO7/c1-12(2)7-8-14-19(3,28-14)16-15(24-5)13(9-10-20(16)11-26-20)27-18(23)17(22)21(4)25-6/h7,13-16H,8-11H2,1-6H3/t13-,14-,15-,16-,19?,20+/m1/s1. The van der Waals surface area contributed by atoms with Crippen molar-refractivity contribution in [1.29, 1.82) is 0 Å². The van der Waals surface area contributed by atoms with Crippen LogP contribution in [0.2, 0.25) is 0 Å². The third kappa shape index (κ3) is 3.83. The van der Waals surface area contributed by atoms with Gasteiger partial charge in [0.1, 0.15) is 23.4 Å². The van der Waals surface area contributed by atoms with Crippen molar-refractivity contribution in [3.05, 3.63) is 11.6 Å². The highest BCUT2D eigenvalue weighted by atomic mass is 16.7. The number of allylic oxidation sites excluding steroid dienone is 1. The molecular weight excluding hydrogens is 366 g/mol. The van der Waals surface area contributed by atoms with E-state index in [9.17, 15) is 9.59 Å². The van der Waals surface area contributed by atoms with Crippen LogP contribution >= 0.6 is 0 Å². The molecule has 28 heavy (non-hydrogen) atoms. The fourth-order valence-electron chi connectivity index (χ4n) is 4.47. The van der Waals surface area contributed by atoms with Crippen molar-refractivity contribution in [2.24, 2.45) is 5.92 Å². The largest absolute Gasteiger partial charge is 0.452 e. The zero-order valence-electron chi connectivity index (χ0n) is 17.5. The van der Waals surface area contributed by atoms with E-state index in [0.29, 0.717) is 13.0 Å². The van der Waals surface area contributed by atoms with Crippen LogP contribution in [0.15, 0.2) is 11.6 Å². The van der Waals surface area contributed by atoms with E-state index < -0.39 is 29.7 Å². The predicted octanol–water partition coefficient (Wildman–Crippen LogP) is 1.63. The predicted molar refractivity (Wildman–Crippen MR) is 99.2 cm³/mol. The van der Waals surface area contributed by atoms with Crippen molar-refractivity contribution >= 4 is 11.9 Å². The molecule has 0 aromatic rings. The first kappa shape index (κ1) is 21.2. The summed E-state index contributed by atoms with van der Waals surface area (Å²) in [5.74, 6) is -1.89. The Labute approximate surface area is 166 Å². The van der Waals surface area contributed by atoms with Gasteiger partial charge in [0.25, 0.3) is 0 Å². The van der Waals surface area contributed by atoms with Crippen LogP contribution < -0.4 is 0 Å². The number of carbonyl (C=O) groups excluding carboxylic acids is 2. The van der Waals surface area contributed by atoms with E-state index in [1.165, 1.54) is 19.7 Å². The number of methoxy groups -OCH3 is 1. The molecule has 1 spiro atoms. The van der Waals surface area contributed by atoms with Crippen molar-refractivity contribution in [2.75, 3.05) is 27.9 Å². The highest BCUT2D eigenvalue weighted by Gasteiger charge is 2.72. The molecule has 1 aliphatic carbocycles. The van der Waals surface area contributed by atoms with E-state index in [-0.39, 0.29) is 17.6 Å². The molecule has 1 amide bonds. The van der Waals surface area contributed by atoms with Gasteiger partial charge in [-0.15, -0.1) is 0 Å². The molecule has 0 bridgehead atoms. The lowest BCUT2D eigenvalue weighted by Crippen LogP contribution is -2.56. The molecule has 0 aromatic heterocycles. The minimum absolute atomic E-state index is 0.0711. The van der Waals surface area contributed by atoms with Crippen LogP contribution in [-0.2, 0) is 33.4 Å². The van der Waals surface area contributed by atoms with Crippen molar-refractivity contribution in [3.63, 3.8) is 0 Å². The SMILES string of the molecule is CO[C@H]1[C@H](C2(C)O[C@@H]2CC=C(C)C)[C@]2(CC[C@H]1OC(=O)C(=O)N(C)OC)CO2. The highest BCUT2D eigenvalue weighted by molar-refractivity contribution is 6.32. The zero-order chi connectivity index (χ0) is 20.7. The highest BCUT2D eigenvalue weighted by Crippen LogP contribution is 2.59. The summed E-state index contributed by atoms with van der Waals surface area (Å²) in [5, 5.41) is 0.844. The maximum absolute atomic E-state index is 12.2. The zero-order valence-corrected chi connectivity index (χ0v) is 17.5. The van der Waals surface area contributed by atoms with Gasteiger partial charge in [0.15, 0.2) is 0 Å². The van der Waals surface area contributed by atoms with E-state index in [2.05, 4.69) is 26.8 Å². The summed E-state index contributed by atoms with van der Waals surface area (Å²) < 4.78 is 23.3. The Kier molecular flexibility index (Phi) is 5.87. The van der Waals surface area contributed by atoms with Crippen LogP contribution in [0.25, 0.3) is 0 Å². The van der Waals surface area contributed by atoms with E-state index >= 15 is 0 Å². The second-order valence-electron chi connectivity index (χ2n) is 8.31. The maximum atomic E-state index is 12.2. The first-order chi connectivity index (χ1) is 13.2. The lowest BCUT2D eigenvalue weighted by Gasteiger charge is -2.42. The Morgan fingerprint density at radius 1 is 1.29 bits per heavy atom. The molecule has 158 valence electrons. The Morgan fingerprint density at radius 2 is 1.96 bits per heavy atom. The van der Waals surface area contributed by atoms with E-state index in [1.807, 2.05) is 0 Å². The number of rotatable bonds is 6. The summed E-state index contributed by atoms with van der Waals surface area (Å²) in [6.07, 6.45) is 3.40. The molecule has 1 unspecified atom stereocenters. The molecule has 0 N–H and O–H groups in total. The molecule has 3 fully saturated rings. The fourth-order valence-corrected chi connectivity index (χ4v) is 4.47. The van der Waals surface area contributed by atoms with Gasteiger partial charge in [-0.3, -0.25) is 9.63 Å². The number of epoxide rings is 2.